The van der Waals surface area contributed by atoms with Crippen molar-refractivity contribution in [1.82, 2.24) is 4.90 Å². The minimum atomic E-state index is -0.0811. The predicted octanol–water partition coefficient (Wildman–Crippen LogP) is 1.81. The highest BCUT2D eigenvalue weighted by molar-refractivity contribution is 5.69. The first kappa shape index (κ1) is 11.5. The van der Waals surface area contributed by atoms with Crippen LogP contribution < -0.4 is 0 Å². The molecule has 3 heteroatoms. The van der Waals surface area contributed by atoms with Gasteiger partial charge in [-0.05, 0) is 32.4 Å². The monoisotopic (exact) mass is 199 g/mol. The topological polar surface area (TPSA) is 29.5 Å². The Bertz CT molecular complexity index is 176. The molecule has 0 radical (unpaired) electrons. The SMILES string of the molecule is CCC(CC(=O)OC)N1CCCCC1. The maximum absolute atomic E-state index is 11.2. The van der Waals surface area contributed by atoms with Crippen LogP contribution in [0.4, 0.5) is 0 Å². The first-order chi connectivity index (χ1) is 6.77. The van der Waals surface area contributed by atoms with Crippen molar-refractivity contribution in [3.8, 4) is 0 Å². The highest BCUT2D eigenvalue weighted by Gasteiger charge is 2.21. The standard InChI is InChI=1S/C11H21NO2/c1-3-10(9-11(13)14-2)12-7-5-4-6-8-12/h10H,3-9H2,1-2H3. The molecule has 0 N–H and O–H groups in total. The summed E-state index contributed by atoms with van der Waals surface area (Å²) >= 11 is 0. The molecular weight excluding hydrogens is 178 g/mol. The van der Waals surface area contributed by atoms with Crippen molar-refractivity contribution in [2.24, 2.45) is 0 Å². The first-order valence-electron chi connectivity index (χ1n) is 5.58. The van der Waals surface area contributed by atoms with Crippen LogP contribution in [0.2, 0.25) is 0 Å². The predicted molar refractivity (Wildman–Crippen MR) is 56.1 cm³/mol. The Labute approximate surface area is 86.4 Å². The van der Waals surface area contributed by atoms with Gasteiger partial charge in [-0.3, -0.25) is 9.69 Å². The lowest BCUT2D eigenvalue weighted by Gasteiger charge is -2.33. The van der Waals surface area contributed by atoms with E-state index < -0.39 is 0 Å². The van der Waals surface area contributed by atoms with Gasteiger partial charge in [0.05, 0.1) is 13.5 Å². The third-order valence-electron chi connectivity index (χ3n) is 3.01. The highest BCUT2D eigenvalue weighted by atomic mass is 16.5. The van der Waals surface area contributed by atoms with E-state index in [9.17, 15) is 4.79 Å². The van der Waals surface area contributed by atoms with Gasteiger partial charge in [-0.25, -0.2) is 0 Å². The fraction of sp³-hybridized carbons (Fsp3) is 0.909. The van der Waals surface area contributed by atoms with Crippen molar-refractivity contribution < 1.29 is 9.53 Å². The summed E-state index contributed by atoms with van der Waals surface area (Å²) in [6.45, 7) is 4.44. The van der Waals surface area contributed by atoms with Gasteiger partial charge in [-0.2, -0.15) is 0 Å². The van der Waals surface area contributed by atoms with E-state index in [4.69, 9.17) is 4.74 Å². The fourth-order valence-corrected chi connectivity index (χ4v) is 2.09. The summed E-state index contributed by atoms with van der Waals surface area (Å²) in [6, 6.07) is 0.391. The maximum atomic E-state index is 11.2. The van der Waals surface area contributed by atoms with Gasteiger partial charge in [-0.15, -0.1) is 0 Å². The summed E-state index contributed by atoms with van der Waals surface area (Å²) in [5.74, 6) is -0.0811. The average Bonchev–Trinajstić information content (AvgIpc) is 2.26. The molecule has 1 aliphatic heterocycles. The molecule has 0 aliphatic carbocycles. The Balaban J connectivity index is 2.39. The van der Waals surface area contributed by atoms with Crippen LogP contribution in [0, 0.1) is 0 Å². The second-order valence-corrected chi connectivity index (χ2v) is 3.94. The van der Waals surface area contributed by atoms with Gasteiger partial charge in [0.15, 0.2) is 0 Å². The molecule has 1 aliphatic rings. The largest absolute Gasteiger partial charge is 0.469 e. The Kier molecular flexibility index (Phi) is 4.94. The average molecular weight is 199 g/mol. The summed E-state index contributed by atoms with van der Waals surface area (Å²) in [5, 5.41) is 0. The van der Waals surface area contributed by atoms with Gasteiger partial charge < -0.3 is 4.74 Å². The number of likely N-dealkylation sites (tertiary alicyclic amines) is 1. The number of nitrogens with zero attached hydrogens (tertiary/aromatic N) is 1. The molecule has 1 unspecified atom stereocenters. The van der Waals surface area contributed by atoms with Crippen molar-refractivity contribution >= 4 is 5.97 Å². The van der Waals surface area contributed by atoms with Crippen LogP contribution in [0.5, 0.6) is 0 Å². The summed E-state index contributed by atoms with van der Waals surface area (Å²) < 4.78 is 4.71. The van der Waals surface area contributed by atoms with E-state index in [0.717, 1.165) is 19.5 Å². The zero-order valence-electron chi connectivity index (χ0n) is 9.29. The zero-order chi connectivity index (χ0) is 10.4. The molecule has 1 heterocycles. The Morgan fingerprint density at radius 2 is 2.00 bits per heavy atom. The van der Waals surface area contributed by atoms with Crippen LogP contribution in [0.1, 0.15) is 39.0 Å². The number of carbonyl (C=O) groups is 1. The van der Waals surface area contributed by atoms with Crippen molar-refractivity contribution in [3.05, 3.63) is 0 Å². The van der Waals surface area contributed by atoms with Crippen molar-refractivity contribution in [3.63, 3.8) is 0 Å². The third-order valence-corrected chi connectivity index (χ3v) is 3.01. The number of hydrogen-bond donors (Lipinski definition) is 0. The zero-order valence-corrected chi connectivity index (χ0v) is 9.29. The van der Waals surface area contributed by atoms with E-state index in [1.807, 2.05) is 0 Å². The molecule has 1 saturated heterocycles. The lowest BCUT2D eigenvalue weighted by molar-refractivity contribution is -0.142. The summed E-state index contributed by atoms with van der Waals surface area (Å²) in [6.07, 6.45) is 5.47. The number of methoxy groups -OCH3 is 1. The molecule has 1 atom stereocenters. The molecule has 3 nitrogen and oxygen atoms in total. The first-order valence-corrected chi connectivity index (χ1v) is 5.58. The van der Waals surface area contributed by atoms with E-state index >= 15 is 0 Å². The van der Waals surface area contributed by atoms with Gasteiger partial charge in [-0.1, -0.05) is 13.3 Å². The van der Waals surface area contributed by atoms with Gasteiger partial charge in [0, 0.05) is 6.04 Å². The molecule has 82 valence electrons. The van der Waals surface area contributed by atoms with E-state index in [1.54, 1.807) is 0 Å². The summed E-state index contributed by atoms with van der Waals surface area (Å²) in [7, 11) is 1.46. The number of ether oxygens (including phenoxy) is 1. The molecule has 14 heavy (non-hydrogen) atoms. The second-order valence-electron chi connectivity index (χ2n) is 3.94. The van der Waals surface area contributed by atoms with E-state index in [2.05, 4.69) is 11.8 Å². The minimum Gasteiger partial charge on any atom is -0.469 e. The Hall–Kier alpha value is -0.570. The second kappa shape index (κ2) is 6.02. The van der Waals surface area contributed by atoms with Crippen LogP contribution in [0.3, 0.4) is 0 Å². The van der Waals surface area contributed by atoms with Crippen LogP contribution in [0.15, 0.2) is 0 Å². The van der Waals surface area contributed by atoms with Crippen LogP contribution in [0.25, 0.3) is 0 Å². The molecule has 0 aromatic carbocycles. The minimum absolute atomic E-state index is 0.0811. The lowest BCUT2D eigenvalue weighted by atomic mass is 10.0. The highest BCUT2D eigenvalue weighted by Crippen LogP contribution is 2.16. The summed E-state index contributed by atoms with van der Waals surface area (Å²) in [4.78, 5) is 13.6. The number of piperidine rings is 1. The van der Waals surface area contributed by atoms with E-state index in [0.29, 0.717) is 12.5 Å². The number of hydrogen-bond acceptors (Lipinski definition) is 3. The van der Waals surface area contributed by atoms with Crippen molar-refractivity contribution in [2.45, 2.75) is 45.1 Å². The smallest absolute Gasteiger partial charge is 0.307 e. The molecule has 0 bridgehead atoms. The van der Waals surface area contributed by atoms with Gasteiger partial charge in [0.1, 0.15) is 0 Å². The molecular formula is C11H21NO2. The number of carbonyl (C=O) groups excluding carboxylic acids is 1. The quantitative estimate of drug-likeness (QED) is 0.647. The Morgan fingerprint density at radius 3 is 2.50 bits per heavy atom. The number of rotatable bonds is 4. The van der Waals surface area contributed by atoms with Gasteiger partial charge in [0.25, 0.3) is 0 Å². The molecule has 0 amide bonds. The fourth-order valence-electron chi connectivity index (χ4n) is 2.09. The van der Waals surface area contributed by atoms with Gasteiger partial charge >= 0.3 is 5.97 Å². The number of esters is 1. The normalized spacial score (nSPS) is 20.4. The summed E-state index contributed by atoms with van der Waals surface area (Å²) in [5.41, 5.74) is 0. The van der Waals surface area contributed by atoms with Crippen LogP contribution in [-0.4, -0.2) is 37.1 Å². The Morgan fingerprint density at radius 1 is 1.36 bits per heavy atom. The molecule has 1 rings (SSSR count). The maximum Gasteiger partial charge on any atom is 0.307 e. The van der Waals surface area contributed by atoms with E-state index in [1.165, 1.54) is 26.4 Å². The van der Waals surface area contributed by atoms with Gasteiger partial charge in [0.2, 0.25) is 0 Å². The van der Waals surface area contributed by atoms with Crippen LogP contribution >= 0.6 is 0 Å². The van der Waals surface area contributed by atoms with Crippen molar-refractivity contribution in [2.75, 3.05) is 20.2 Å². The molecule has 0 spiro atoms. The van der Waals surface area contributed by atoms with Crippen LogP contribution in [-0.2, 0) is 9.53 Å². The molecule has 0 aromatic heterocycles. The van der Waals surface area contributed by atoms with E-state index in [-0.39, 0.29) is 5.97 Å². The third kappa shape index (κ3) is 3.29. The molecule has 1 fully saturated rings. The lowest BCUT2D eigenvalue weighted by Crippen LogP contribution is -2.40. The molecule has 0 aromatic rings. The van der Waals surface area contributed by atoms with Crippen molar-refractivity contribution in [1.29, 1.82) is 0 Å². The molecule has 0 saturated carbocycles.